The smallest absolute Gasteiger partial charge is 0.251 e. The lowest BCUT2D eigenvalue weighted by Crippen LogP contribution is -2.33. The molecule has 4 atom stereocenters. The molecule has 1 amide bonds. The van der Waals surface area contributed by atoms with Crippen molar-refractivity contribution in [3.63, 3.8) is 0 Å². The summed E-state index contributed by atoms with van der Waals surface area (Å²) < 4.78 is 13.5. The largest absolute Gasteiger partial charge is 0.385 e. The highest BCUT2D eigenvalue weighted by atomic mass is 35.5. The molecule has 8 heteroatoms. The number of aromatic nitrogens is 2. The highest BCUT2D eigenvalue weighted by Crippen LogP contribution is 2.60. The number of rotatable bonds is 3. The van der Waals surface area contributed by atoms with Gasteiger partial charge in [0.2, 0.25) is 0 Å². The van der Waals surface area contributed by atoms with Crippen molar-refractivity contribution in [3.8, 4) is 0 Å². The Morgan fingerprint density at radius 3 is 2.61 bits per heavy atom. The van der Waals surface area contributed by atoms with Crippen molar-refractivity contribution in [1.82, 2.24) is 15.5 Å². The lowest BCUT2D eigenvalue weighted by Gasteiger charge is -2.27. The molecule has 3 N–H and O–H groups in total. The molecule has 3 aromatic rings. The number of fused-ring (bicyclic) bond motifs is 2. The van der Waals surface area contributed by atoms with Gasteiger partial charge in [0.15, 0.2) is 0 Å². The fraction of sp³-hybridized carbons (Fsp3) is 0.300. The van der Waals surface area contributed by atoms with Gasteiger partial charge in [0.25, 0.3) is 5.91 Å². The summed E-state index contributed by atoms with van der Waals surface area (Å²) in [5.41, 5.74) is 0.730. The number of aliphatic hydroxyl groups is 1. The molecule has 2 unspecified atom stereocenters. The van der Waals surface area contributed by atoms with E-state index in [4.69, 9.17) is 23.2 Å². The zero-order valence-electron chi connectivity index (χ0n) is 14.5. The molecule has 5 rings (SSSR count). The van der Waals surface area contributed by atoms with Crippen LogP contribution in [0.15, 0.2) is 36.5 Å². The lowest BCUT2D eigenvalue weighted by atomic mass is 9.86. The number of hydrogen-bond acceptors (Lipinski definition) is 3. The molecule has 2 aliphatic rings. The van der Waals surface area contributed by atoms with Crippen molar-refractivity contribution in [2.24, 2.45) is 11.8 Å². The van der Waals surface area contributed by atoms with Crippen LogP contribution >= 0.6 is 23.2 Å². The molecule has 0 radical (unpaired) electrons. The first-order chi connectivity index (χ1) is 13.3. The second kappa shape index (κ2) is 6.17. The van der Waals surface area contributed by atoms with Crippen molar-refractivity contribution in [1.29, 1.82) is 0 Å². The number of nitrogens with zero attached hydrogens (tertiary/aromatic N) is 1. The van der Waals surface area contributed by atoms with Crippen molar-refractivity contribution >= 4 is 40.0 Å². The predicted octanol–water partition coefficient (Wildman–Crippen LogP) is 4.03. The second-order valence-electron chi connectivity index (χ2n) is 7.71. The van der Waals surface area contributed by atoms with E-state index in [2.05, 4.69) is 15.5 Å². The molecule has 2 saturated carbocycles. The monoisotopic (exact) mass is 419 g/mol. The van der Waals surface area contributed by atoms with Crippen LogP contribution in [0.4, 0.5) is 4.39 Å². The number of carbonyl (C=O) groups is 1. The van der Waals surface area contributed by atoms with Gasteiger partial charge in [0.1, 0.15) is 5.82 Å². The molecule has 0 bridgehead atoms. The van der Waals surface area contributed by atoms with Gasteiger partial charge < -0.3 is 10.4 Å². The molecule has 2 fully saturated rings. The van der Waals surface area contributed by atoms with Crippen LogP contribution in [0.2, 0.25) is 10.0 Å². The average Bonchev–Trinajstić information content (AvgIpc) is 3.00. The Morgan fingerprint density at radius 2 is 1.89 bits per heavy atom. The number of benzene rings is 2. The van der Waals surface area contributed by atoms with Crippen LogP contribution in [-0.4, -0.2) is 27.3 Å². The number of carbonyl (C=O) groups excluding carboxylic acids is 1. The molecule has 1 heterocycles. The average molecular weight is 420 g/mol. The highest BCUT2D eigenvalue weighted by Gasteiger charge is 2.62. The molecule has 2 aromatic carbocycles. The van der Waals surface area contributed by atoms with Crippen molar-refractivity contribution in [3.05, 3.63) is 63.5 Å². The Hall–Kier alpha value is -2.15. The third kappa shape index (κ3) is 2.87. The SMILES string of the molecule is O=C(NC1[C@H]2CC(O)(c3cc(Cl)cc4[nH]ncc34)C[C@@H]12)c1cc(F)cc(Cl)c1. The molecule has 1 aromatic heterocycles. The third-order valence-corrected chi connectivity index (χ3v) is 6.36. The summed E-state index contributed by atoms with van der Waals surface area (Å²) in [7, 11) is 0. The van der Waals surface area contributed by atoms with Crippen LogP contribution in [0.25, 0.3) is 10.9 Å². The molecule has 0 aliphatic heterocycles. The lowest BCUT2D eigenvalue weighted by molar-refractivity contribution is 0.0293. The minimum atomic E-state index is -1.01. The minimum Gasteiger partial charge on any atom is -0.385 e. The maximum atomic E-state index is 13.5. The molecule has 0 saturated heterocycles. The standard InChI is InChI=1S/C20H16Cl2FN3O2/c21-10-1-9(2-12(23)3-10)19(27)25-18-13-6-20(28,7-14(13)18)16-4-11(22)5-17-15(16)8-24-26-17/h1-5,8,13-14,18,28H,6-7H2,(H,24,26)(H,25,27)/t13-,14+,18?,20?. The third-order valence-electron chi connectivity index (χ3n) is 5.93. The van der Waals surface area contributed by atoms with E-state index in [1.807, 2.05) is 0 Å². The molecule has 2 aliphatic carbocycles. The number of H-pyrrole nitrogens is 1. The van der Waals surface area contributed by atoms with Gasteiger partial charge in [-0.1, -0.05) is 23.2 Å². The van der Waals surface area contributed by atoms with E-state index in [0.717, 1.165) is 28.6 Å². The fourth-order valence-electron chi connectivity index (χ4n) is 4.62. The molecular weight excluding hydrogens is 404 g/mol. The Morgan fingerprint density at radius 1 is 1.18 bits per heavy atom. The van der Waals surface area contributed by atoms with E-state index in [-0.39, 0.29) is 34.4 Å². The van der Waals surface area contributed by atoms with Gasteiger partial charge in [0.05, 0.1) is 17.3 Å². The van der Waals surface area contributed by atoms with Crippen LogP contribution in [0, 0.1) is 17.7 Å². The summed E-state index contributed by atoms with van der Waals surface area (Å²) in [6, 6.07) is 7.29. The maximum Gasteiger partial charge on any atom is 0.251 e. The van der Waals surface area contributed by atoms with Crippen molar-refractivity contribution < 1.29 is 14.3 Å². The Balaban J connectivity index is 1.32. The predicted molar refractivity (Wildman–Crippen MR) is 104 cm³/mol. The number of amides is 1. The zero-order chi connectivity index (χ0) is 19.6. The molecule has 5 nitrogen and oxygen atoms in total. The van der Waals surface area contributed by atoms with E-state index < -0.39 is 11.4 Å². The van der Waals surface area contributed by atoms with E-state index in [1.165, 1.54) is 6.07 Å². The van der Waals surface area contributed by atoms with Crippen LogP contribution < -0.4 is 5.32 Å². The van der Waals surface area contributed by atoms with Gasteiger partial charge >= 0.3 is 0 Å². The summed E-state index contributed by atoms with van der Waals surface area (Å²) in [6.45, 7) is 0. The summed E-state index contributed by atoms with van der Waals surface area (Å²) in [4.78, 5) is 12.4. The quantitative estimate of drug-likeness (QED) is 0.599. The first-order valence-corrected chi connectivity index (χ1v) is 9.72. The van der Waals surface area contributed by atoms with Gasteiger partial charge in [-0.15, -0.1) is 0 Å². The summed E-state index contributed by atoms with van der Waals surface area (Å²) in [6.07, 6.45) is 2.73. The van der Waals surface area contributed by atoms with Gasteiger partial charge in [-0.2, -0.15) is 5.10 Å². The molecule has 0 spiro atoms. The first-order valence-electron chi connectivity index (χ1n) is 8.96. The molecular formula is C20H16Cl2FN3O2. The van der Waals surface area contributed by atoms with Crippen LogP contribution in [-0.2, 0) is 5.60 Å². The number of nitrogens with one attached hydrogen (secondary N) is 2. The Labute approximate surface area is 169 Å². The van der Waals surface area contributed by atoms with Gasteiger partial charge in [0, 0.05) is 27.0 Å². The number of hydrogen-bond donors (Lipinski definition) is 3. The minimum absolute atomic E-state index is 0.0335. The molecule has 28 heavy (non-hydrogen) atoms. The van der Waals surface area contributed by atoms with E-state index in [1.54, 1.807) is 18.3 Å². The maximum absolute atomic E-state index is 13.5. The fourth-order valence-corrected chi connectivity index (χ4v) is 5.06. The Bertz CT molecular complexity index is 1080. The normalized spacial score (nSPS) is 28.4. The highest BCUT2D eigenvalue weighted by molar-refractivity contribution is 6.31. The van der Waals surface area contributed by atoms with Gasteiger partial charge in [-0.05, 0) is 60.6 Å². The van der Waals surface area contributed by atoms with Crippen LogP contribution in [0.3, 0.4) is 0 Å². The second-order valence-corrected chi connectivity index (χ2v) is 8.58. The van der Waals surface area contributed by atoms with Gasteiger partial charge in [-0.3, -0.25) is 9.89 Å². The van der Waals surface area contributed by atoms with Crippen molar-refractivity contribution in [2.75, 3.05) is 0 Å². The van der Waals surface area contributed by atoms with E-state index in [0.29, 0.717) is 17.9 Å². The summed E-state index contributed by atoms with van der Waals surface area (Å²) >= 11 is 12.0. The Kier molecular flexibility index (Phi) is 3.95. The van der Waals surface area contributed by atoms with E-state index in [9.17, 15) is 14.3 Å². The first kappa shape index (κ1) is 17.9. The summed E-state index contributed by atoms with van der Waals surface area (Å²) in [5.74, 6) is -0.574. The van der Waals surface area contributed by atoms with Crippen LogP contribution in [0.1, 0.15) is 28.8 Å². The number of aromatic amines is 1. The topological polar surface area (TPSA) is 78.0 Å². The zero-order valence-corrected chi connectivity index (χ0v) is 16.1. The van der Waals surface area contributed by atoms with E-state index >= 15 is 0 Å². The van der Waals surface area contributed by atoms with Crippen molar-refractivity contribution in [2.45, 2.75) is 24.5 Å². The molecule has 144 valence electrons. The van der Waals surface area contributed by atoms with Gasteiger partial charge in [-0.25, -0.2) is 4.39 Å². The number of halogens is 3. The van der Waals surface area contributed by atoms with Crippen LogP contribution in [0.5, 0.6) is 0 Å². The summed E-state index contributed by atoms with van der Waals surface area (Å²) in [5, 5.41) is 22.7.